The molecule has 0 spiro atoms. The molecule has 3 aromatic rings. The minimum atomic E-state index is -1.29. The van der Waals surface area contributed by atoms with Crippen molar-refractivity contribution in [2.75, 3.05) is 160 Å². The van der Waals surface area contributed by atoms with E-state index in [9.17, 15) is 0 Å². The fourth-order valence-electron chi connectivity index (χ4n) is 7.55. The largest absolute Gasteiger partial charge is 0.485 e. The minimum absolute atomic E-state index is 0.0134. The van der Waals surface area contributed by atoms with Gasteiger partial charge in [0.2, 0.25) is 0 Å². The lowest BCUT2D eigenvalue weighted by atomic mass is 10.1. The van der Waals surface area contributed by atoms with Crippen molar-refractivity contribution in [3.05, 3.63) is 47.0 Å². The molecule has 2 aliphatic heterocycles. The number of H-pyrrole nitrogens is 2. The lowest BCUT2D eigenvalue weighted by molar-refractivity contribution is -0.215. The van der Waals surface area contributed by atoms with Crippen LogP contribution < -0.4 is 18.9 Å². The number of hydrogen-bond acceptors (Lipinski definition) is 25. The van der Waals surface area contributed by atoms with Crippen LogP contribution in [0.2, 0.25) is 0 Å². The van der Waals surface area contributed by atoms with Crippen LogP contribution in [-0.4, -0.2) is 226 Å². The van der Waals surface area contributed by atoms with Crippen molar-refractivity contribution in [3.63, 3.8) is 0 Å². The molecule has 87 heavy (non-hydrogen) atoms. The van der Waals surface area contributed by atoms with Crippen LogP contribution in [0.15, 0.2) is 24.3 Å². The van der Waals surface area contributed by atoms with Crippen LogP contribution >= 0.6 is 0 Å². The highest BCUT2D eigenvalue weighted by Crippen LogP contribution is 2.45. The molecule has 5 rings (SSSR count). The van der Waals surface area contributed by atoms with Crippen LogP contribution in [0.5, 0.6) is 23.0 Å². The van der Waals surface area contributed by atoms with Gasteiger partial charge in [0, 0.05) is 107 Å². The molecule has 492 valence electrons. The summed E-state index contributed by atoms with van der Waals surface area (Å²) in [7, 11) is 22.5. The average Bonchev–Trinajstić information content (AvgIpc) is 1.75. The number of methoxy groups -OCH3 is 15. The molecule has 27 heteroatoms. The highest BCUT2D eigenvalue weighted by atomic mass is 16.7. The van der Waals surface area contributed by atoms with Crippen molar-refractivity contribution in [3.8, 4) is 23.0 Å². The van der Waals surface area contributed by atoms with E-state index in [1.54, 1.807) is 79.8 Å². The lowest BCUT2D eigenvalue weighted by Crippen LogP contribution is -2.37. The first-order valence-corrected chi connectivity index (χ1v) is 27.7. The zero-order chi connectivity index (χ0) is 64.8. The number of rotatable bonds is 39. The molecule has 0 fully saturated rings. The number of fused-ring (bicyclic) bond motifs is 8. The van der Waals surface area contributed by atoms with Crippen LogP contribution in [0, 0.1) is 0 Å². The molecule has 3 aromatic heterocycles. The van der Waals surface area contributed by atoms with Gasteiger partial charge in [0.25, 0.3) is 0 Å². The van der Waals surface area contributed by atoms with Gasteiger partial charge in [0.15, 0.2) is 86.5 Å². The zero-order valence-corrected chi connectivity index (χ0v) is 55.3. The van der Waals surface area contributed by atoms with Gasteiger partial charge in [0.1, 0.15) is 75.6 Å². The first-order valence-electron chi connectivity index (χ1n) is 27.7. The highest BCUT2D eigenvalue weighted by molar-refractivity contribution is 5.92. The Bertz CT molecular complexity index is 2950. The van der Waals surface area contributed by atoms with Crippen molar-refractivity contribution in [2.45, 2.75) is 108 Å². The Hall–Kier alpha value is -5.60. The van der Waals surface area contributed by atoms with Crippen molar-refractivity contribution < 1.29 is 109 Å². The number of nitrogens with one attached hydrogen (secondary N) is 2. The van der Waals surface area contributed by atoms with Gasteiger partial charge in [-0.25, -0.2) is 9.97 Å². The van der Waals surface area contributed by atoms with E-state index in [1.165, 1.54) is 99.5 Å². The van der Waals surface area contributed by atoms with E-state index in [0.717, 1.165) is 0 Å². The van der Waals surface area contributed by atoms with Crippen LogP contribution in [0.25, 0.3) is 45.1 Å². The average molecular weight is 1240 g/mol. The zero-order valence-electron chi connectivity index (χ0n) is 55.3. The minimum Gasteiger partial charge on any atom is -0.485 e. The summed E-state index contributed by atoms with van der Waals surface area (Å²) in [5.41, 5.74) is 1.11. The third kappa shape index (κ3) is 17.6. The Morgan fingerprint density at radius 2 is 0.448 bits per heavy atom. The molecule has 0 radical (unpaired) electrons. The van der Waals surface area contributed by atoms with Crippen molar-refractivity contribution >= 4 is 45.1 Å². The molecule has 0 aromatic carbocycles. The van der Waals surface area contributed by atoms with Gasteiger partial charge in [-0.05, 0) is 86.6 Å². The normalized spacial score (nSPS) is 14.0. The Labute approximate surface area is 510 Å². The fourth-order valence-corrected chi connectivity index (χ4v) is 7.55. The molecular weight excluding hydrogens is 1140 g/mol. The van der Waals surface area contributed by atoms with Gasteiger partial charge >= 0.3 is 0 Å². The van der Waals surface area contributed by atoms with Crippen molar-refractivity contribution in [1.82, 2.24) is 19.9 Å². The summed E-state index contributed by atoms with van der Waals surface area (Å²) < 4.78 is 141. The monoisotopic (exact) mass is 1240 g/mol. The third-order valence-corrected chi connectivity index (χ3v) is 15.4. The van der Waals surface area contributed by atoms with E-state index in [1.807, 2.05) is 13.8 Å². The summed E-state index contributed by atoms with van der Waals surface area (Å²) >= 11 is 0. The molecule has 0 atom stereocenters. The Morgan fingerprint density at radius 3 is 0.667 bits per heavy atom. The topological polar surface area (TPSA) is 270 Å². The highest BCUT2D eigenvalue weighted by Gasteiger charge is 2.38. The molecule has 8 bridgehead atoms. The molecule has 0 saturated heterocycles. The fraction of sp³-hybridized carbons (Fsp3) is 0.667. The van der Waals surface area contributed by atoms with Gasteiger partial charge in [0.05, 0.1) is 27.7 Å². The lowest BCUT2D eigenvalue weighted by Gasteiger charge is -2.28. The number of aromatic amines is 2. The van der Waals surface area contributed by atoms with E-state index < -0.39 is 46.1 Å². The Kier molecular flexibility index (Phi) is 25.1. The van der Waals surface area contributed by atoms with Crippen molar-refractivity contribution in [1.29, 1.82) is 0 Å². The molecule has 0 amide bonds. The second-order valence-corrected chi connectivity index (χ2v) is 21.9. The van der Waals surface area contributed by atoms with Gasteiger partial charge in [-0.2, -0.15) is 0 Å². The summed E-state index contributed by atoms with van der Waals surface area (Å²) in [5.74, 6) is -7.85. The molecule has 0 saturated carbocycles. The first kappa shape index (κ1) is 72.1. The molecule has 0 unspecified atom stereocenters. The SMILES string of the molecule is COC(C)(C)COc1c(OCC(C)(OC)OC)c2cc3nc(cc4nc(cc5[nH]c(cc1[nH]2)c(OCC(C)(OC)OC)c5OCC(C)(OC)OC)C(OCC(C)(OC)OC)=C4OCC(C)(OC)OC)C(OCC(C)(OC)OC)=C3OCC(C)(OC)OC. The van der Waals surface area contributed by atoms with Gasteiger partial charge < -0.3 is 119 Å². The predicted molar refractivity (Wildman–Crippen MR) is 318 cm³/mol. The maximum atomic E-state index is 6.83. The maximum Gasteiger partial charge on any atom is 0.199 e. The van der Waals surface area contributed by atoms with Crippen LogP contribution in [0.4, 0.5) is 0 Å². The molecule has 27 nitrogen and oxygen atoms in total. The maximum absolute atomic E-state index is 6.83. The predicted octanol–water partition coefficient (Wildman–Crippen LogP) is 8.04. The molecule has 2 aliphatic rings. The molecule has 5 heterocycles. The Morgan fingerprint density at radius 1 is 0.253 bits per heavy atom. The molecular formula is C60H94N4O23. The summed E-state index contributed by atoms with van der Waals surface area (Å²) in [5, 5.41) is 0. The molecule has 0 aliphatic carbocycles. The third-order valence-electron chi connectivity index (χ3n) is 15.4. The van der Waals surface area contributed by atoms with Crippen LogP contribution in [-0.2, 0) is 90.0 Å². The van der Waals surface area contributed by atoms with Gasteiger partial charge in [-0.1, -0.05) is 0 Å². The number of ether oxygens (including phenoxy) is 23. The van der Waals surface area contributed by atoms with E-state index >= 15 is 0 Å². The second kappa shape index (κ2) is 30.3. The Balaban J connectivity index is 2.20. The number of nitrogens with zero attached hydrogens (tertiary/aromatic N) is 2. The smallest absolute Gasteiger partial charge is 0.199 e. The van der Waals surface area contributed by atoms with Crippen LogP contribution in [0.1, 0.15) is 85.1 Å². The first-order chi connectivity index (χ1) is 41.0. The van der Waals surface area contributed by atoms with Crippen molar-refractivity contribution in [2.24, 2.45) is 0 Å². The summed E-state index contributed by atoms with van der Waals surface area (Å²) in [4.78, 5) is 17.6. The standard InChI is InChI=1S/C60H94N4O23/c1-53(2,65-10)29-80-45-37-25-39-47(82-31-55(4,68-13)69-14)49(84-33-57(6,72-17)73-18)41(62-39)27-43-51(86-35-59(8,76-21)77-22)52(87-36-60(9,78-23)79-24)44(64-43)28-42-50(85-34-58(7,74-19)75-20)48(83-32-56(5,70-15)71-16)40(63-42)26-38(61-37)46(45)81-30-54(3,66-11)67-12/h25-28,61-62H,29-36H2,1-24H3. The van der Waals surface area contributed by atoms with E-state index in [2.05, 4.69) is 9.97 Å². The number of aromatic nitrogens is 4. The van der Waals surface area contributed by atoms with E-state index in [4.69, 9.17) is 119 Å². The second-order valence-electron chi connectivity index (χ2n) is 21.9. The quantitative estimate of drug-likeness (QED) is 0.0511. The van der Waals surface area contributed by atoms with Gasteiger partial charge in [-0.3, -0.25) is 0 Å². The van der Waals surface area contributed by atoms with E-state index in [0.29, 0.717) is 16.6 Å². The summed E-state index contributed by atoms with van der Waals surface area (Å²) in [6.07, 6.45) is 0. The van der Waals surface area contributed by atoms with Crippen LogP contribution in [0.3, 0.4) is 0 Å². The molecule has 2 N–H and O–H groups in total. The summed E-state index contributed by atoms with van der Waals surface area (Å²) in [6, 6.07) is 6.76. The van der Waals surface area contributed by atoms with Gasteiger partial charge in [-0.15, -0.1) is 0 Å². The number of hydrogen-bond donors (Lipinski definition) is 2. The van der Waals surface area contributed by atoms with E-state index in [-0.39, 0.29) is 127 Å². The summed E-state index contributed by atoms with van der Waals surface area (Å²) in [6.45, 7) is 14.5.